The van der Waals surface area contributed by atoms with Gasteiger partial charge in [-0.15, -0.1) is 11.3 Å². The lowest BCUT2D eigenvalue weighted by Crippen LogP contribution is -1.91. The van der Waals surface area contributed by atoms with Crippen LogP contribution in [0.1, 0.15) is 5.56 Å². The van der Waals surface area contributed by atoms with Crippen LogP contribution in [-0.4, -0.2) is 4.98 Å². The van der Waals surface area contributed by atoms with Gasteiger partial charge in [0.15, 0.2) is 0 Å². The standard InChI is InChI=1S/C16H9ClN2S2/c17-11-4-1-3-10(7-11)14-8-12(15-5-2-6-21-15)13(9-18)16(20)19-14/h1-8H,(H,19,20). The number of hydrogen-bond acceptors (Lipinski definition) is 3. The summed E-state index contributed by atoms with van der Waals surface area (Å²) in [6.07, 6.45) is 0. The van der Waals surface area contributed by atoms with E-state index in [0.29, 0.717) is 15.2 Å². The van der Waals surface area contributed by atoms with Crippen LogP contribution in [0, 0.1) is 16.0 Å². The van der Waals surface area contributed by atoms with Gasteiger partial charge < -0.3 is 4.98 Å². The Kier molecular flexibility index (Phi) is 3.89. The number of nitrogens with zero attached hydrogens (tertiary/aromatic N) is 1. The number of halogens is 1. The second kappa shape index (κ2) is 5.82. The minimum atomic E-state index is 0.443. The van der Waals surface area contributed by atoms with Gasteiger partial charge in [-0.1, -0.05) is 42.0 Å². The Bertz CT molecular complexity index is 889. The van der Waals surface area contributed by atoms with Crippen LogP contribution in [0.3, 0.4) is 0 Å². The van der Waals surface area contributed by atoms with Crippen LogP contribution in [-0.2, 0) is 0 Å². The van der Waals surface area contributed by atoms with Crippen molar-refractivity contribution in [3.05, 3.63) is 63.1 Å². The number of aromatic amines is 1. The summed E-state index contributed by atoms with van der Waals surface area (Å²) in [5.74, 6) is 0. The molecule has 0 atom stereocenters. The molecular formula is C16H9ClN2S2. The van der Waals surface area contributed by atoms with E-state index in [1.165, 1.54) is 0 Å². The highest BCUT2D eigenvalue weighted by Gasteiger charge is 2.11. The molecule has 0 bridgehead atoms. The lowest BCUT2D eigenvalue weighted by molar-refractivity contribution is 1.28. The van der Waals surface area contributed by atoms with E-state index >= 15 is 0 Å². The zero-order chi connectivity index (χ0) is 14.8. The molecule has 0 unspecified atom stereocenters. The van der Waals surface area contributed by atoms with E-state index in [9.17, 15) is 5.26 Å². The molecule has 21 heavy (non-hydrogen) atoms. The van der Waals surface area contributed by atoms with Crippen molar-refractivity contribution >= 4 is 35.2 Å². The average Bonchev–Trinajstić information content (AvgIpc) is 3.00. The summed E-state index contributed by atoms with van der Waals surface area (Å²) in [6.45, 7) is 0. The summed E-state index contributed by atoms with van der Waals surface area (Å²) in [7, 11) is 0. The second-order valence-electron chi connectivity index (χ2n) is 4.40. The fourth-order valence-electron chi connectivity index (χ4n) is 2.11. The topological polar surface area (TPSA) is 39.6 Å². The van der Waals surface area contributed by atoms with E-state index in [1.54, 1.807) is 11.3 Å². The number of hydrogen-bond donors (Lipinski definition) is 1. The quantitative estimate of drug-likeness (QED) is 0.616. The van der Waals surface area contributed by atoms with Gasteiger partial charge in [0, 0.05) is 21.2 Å². The number of thiophene rings is 1. The first-order valence-electron chi connectivity index (χ1n) is 6.16. The highest BCUT2D eigenvalue weighted by molar-refractivity contribution is 7.71. The van der Waals surface area contributed by atoms with E-state index in [1.807, 2.05) is 47.8 Å². The monoisotopic (exact) mass is 328 g/mol. The van der Waals surface area contributed by atoms with E-state index in [2.05, 4.69) is 11.1 Å². The molecule has 0 amide bonds. The zero-order valence-electron chi connectivity index (χ0n) is 10.8. The van der Waals surface area contributed by atoms with Crippen LogP contribution < -0.4 is 0 Å². The summed E-state index contributed by atoms with van der Waals surface area (Å²) < 4.78 is 0.443. The van der Waals surface area contributed by atoms with Gasteiger partial charge in [0.1, 0.15) is 10.7 Å². The molecule has 102 valence electrons. The van der Waals surface area contributed by atoms with Crippen molar-refractivity contribution in [1.82, 2.24) is 4.98 Å². The highest BCUT2D eigenvalue weighted by Crippen LogP contribution is 2.32. The van der Waals surface area contributed by atoms with E-state index in [4.69, 9.17) is 23.8 Å². The average molecular weight is 329 g/mol. The van der Waals surface area contributed by atoms with Crippen molar-refractivity contribution < 1.29 is 0 Å². The molecule has 1 aromatic carbocycles. The minimum absolute atomic E-state index is 0.443. The first-order chi connectivity index (χ1) is 10.2. The third kappa shape index (κ3) is 2.77. The van der Waals surface area contributed by atoms with Crippen molar-refractivity contribution in [2.24, 2.45) is 0 Å². The summed E-state index contributed by atoms with van der Waals surface area (Å²) >= 11 is 13.0. The molecule has 0 aliphatic heterocycles. The summed E-state index contributed by atoms with van der Waals surface area (Å²) in [6, 6.07) is 15.6. The van der Waals surface area contributed by atoms with Gasteiger partial charge in [-0.3, -0.25) is 0 Å². The van der Waals surface area contributed by atoms with Crippen molar-refractivity contribution in [3.8, 4) is 27.8 Å². The minimum Gasteiger partial charge on any atom is -0.345 e. The number of nitrogens with one attached hydrogen (secondary N) is 1. The van der Waals surface area contributed by atoms with Gasteiger partial charge in [0.25, 0.3) is 0 Å². The number of nitriles is 1. The molecule has 0 saturated heterocycles. The Morgan fingerprint density at radius 1 is 1.19 bits per heavy atom. The molecular weight excluding hydrogens is 320 g/mol. The molecule has 2 heterocycles. The van der Waals surface area contributed by atoms with Crippen LogP contribution in [0.25, 0.3) is 21.7 Å². The maximum Gasteiger partial charge on any atom is 0.122 e. The molecule has 0 spiro atoms. The Morgan fingerprint density at radius 3 is 2.71 bits per heavy atom. The van der Waals surface area contributed by atoms with Gasteiger partial charge in [0.05, 0.1) is 5.56 Å². The van der Waals surface area contributed by atoms with Crippen molar-refractivity contribution in [3.63, 3.8) is 0 Å². The van der Waals surface area contributed by atoms with E-state index in [-0.39, 0.29) is 0 Å². The summed E-state index contributed by atoms with van der Waals surface area (Å²) in [4.78, 5) is 4.13. The molecule has 3 rings (SSSR count). The van der Waals surface area contributed by atoms with E-state index < -0.39 is 0 Å². The van der Waals surface area contributed by atoms with Crippen molar-refractivity contribution in [2.75, 3.05) is 0 Å². The maximum atomic E-state index is 9.35. The second-order valence-corrected chi connectivity index (χ2v) is 6.19. The first-order valence-corrected chi connectivity index (χ1v) is 7.83. The van der Waals surface area contributed by atoms with Gasteiger partial charge in [-0.25, -0.2) is 0 Å². The third-order valence-electron chi connectivity index (χ3n) is 3.07. The third-order valence-corrected chi connectivity index (χ3v) is 4.51. The fourth-order valence-corrected chi connectivity index (χ4v) is 3.31. The number of aromatic nitrogens is 1. The maximum absolute atomic E-state index is 9.35. The largest absolute Gasteiger partial charge is 0.345 e. The summed E-state index contributed by atoms with van der Waals surface area (Å²) in [5.41, 5.74) is 3.14. The molecule has 5 heteroatoms. The fraction of sp³-hybridized carbons (Fsp3) is 0. The summed E-state index contributed by atoms with van der Waals surface area (Å²) in [5, 5.41) is 12.0. The Labute approximate surface area is 136 Å². The number of H-pyrrole nitrogens is 1. The molecule has 2 nitrogen and oxygen atoms in total. The van der Waals surface area contributed by atoms with Crippen LogP contribution in [0.2, 0.25) is 5.02 Å². The number of benzene rings is 1. The predicted octanol–water partition coefficient (Wildman–Crippen LogP) is 5.66. The Balaban J connectivity index is 2.26. The molecule has 0 aliphatic carbocycles. The first kappa shape index (κ1) is 14.0. The highest BCUT2D eigenvalue weighted by atomic mass is 35.5. The van der Waals surface area contributed by atoms with Crippen LogP contribution >= 0.6 is 35.2 Å². The SMILES string of the molecule is N#Cc1c(-c2cccs2)cc(-c2cccc(Cl)c2)[nH]c1=S. The van der Waals surface area contributed by atoms with Gasteiger partial charge in [-0.2, -0.15) is 5.26 Å². The molecule has 2 aromatic heterocycles. The predicted molar refractivity (Wildman–Crippen MR) is 90.1 cm³/mol. The van der Waals surface area contributed by atoms with Crippen LogP contribution in [0.5, 0.6) is 0 Å². The molecule has 0 aliphatic rings. The molecule has 1 N–H and O–H groups in total. The smallest absolute Gasteiger partial charge is 0.122 e. The van der Waals surface area contributed by atoms with Crippen LogP contribution in [0.15, 0.2) is 47.8 Å². The Hall–Kier alpha value is -1.93. The lowest BCUT2D eigenvalue weighted by atomic mass is 10.0. The normalized spacial score (nSPS) is 10.3. The Morgan fingerprint density at radius 2 is 2.05 bits per heavy atom. The zero-order valence-corrected chi connectivity index (χ0v) is 13.1. The molecule has 0 fully saturated rings. The van der Waals surface area contributed by atoms with Gasteiger partial charge in [0.2, 0.25) is 0 Å². The molecule has 0 saturated carbocycles. The van der Waals surface area contributed by atoms with Gasteiger partial charge >= 0.3 is 0 Å². The van der Waals surface area contributed by atoms with E-state index in [0.717, 1.165) is 21.7 Å². The van der Waals surface area contributed by atoms with Crippen LogP contribution in [0.4, 0.5) is 0 Å². The molecule has 0 radical (unpaired) electrons. The van der Waals surface area contributed by atoms with Crippen molar-refractivity contribution in [2.45, 2.75) is 0 Å². The molecule has 3 aromatic rings. The van der Waals surface area contributed by atoms with Gasteiger partial charge in [-0.05, 0) is 35.2 Å². The van der Waals surface area contributed by atoms with Crippen molar-refractivity contribution in [1.29, 1.82) is 5.26 Å². The number of pyridine rings is 1. The number of rotatable bonds is 2. The lowest BCUT2D eigenvalue weighted by Gasteiger charge is -2.08.